The van der Waals surface area contributed by atoms with E-state index in [0.29, 0.717) is 15.8 Å². The normalized spacial score (nSPS) is 10.5. The van der Waals surface area contributed by atoms with E-state index in [1.54, 1.807) is 23.1 Å². The highest BCUT2D eigenvalue weighted by molar-refractivity contribution is 9.10. The Bertz CT molecular complexity index is 487. The average Bonchev–Trinajstić information content (AvgIpc) is 2.84. The third-order valence-electron chi connectivity index (χ3n) is 2.08. The first-order chi connectivity index (χ1) is 7.22. The van der Waals surface area contributed by atoms with E-state index < -0.39 is 0 Å². The number of nitrogens with zero attached hydrogens (tertiary/aromatic N) is 2. The molecule has 0 spiro atoms. The molecule has 78 valence electrons. The van der Waals surface area contributed by atoms with Gasteiger partial charge in [-0.05, 0) is 28.9 Å². The summed E-state index contributed by atoms with van der Waals surface area (Å²) in [7, 11) is 0. The third kappa shape index (κ3) is 1.87. The molecule has 0 amide bonds. The summed E-state index contributed by atoms with van der Waals surface area (Å²) in [5.74, 6) is -0.0877. The lowest BCUT2D eigenvalue weighted by Gasteiger charge is -1.93. The Morgan fingerprint density at radius 3 is 3.00 bits per heavy atom. The molecule has 0 unspecified atom stereocenters. The van der Waals surface area contributed by atoms with Crippen LogP contribution in [0.5, 0.6) is 0 Å². The minimum Gasteiger partial charge on any atom is -0.457 e. The van der Waals surface area contributed by atoms with Crippen molar-refractivity contribution in [1.29, 1.82) is 0 Å². The Balaban J connectivity index is 2.32. The number of carbonyl (C=O) groups is 1. The molecule has 0 aromatic carbocycles. The van der Waals surface area contributed by atoms with Crippen molar-refractivity contribution < 1.29 is 9.21 Å². The van der Waals surface area contributed by atoms with Crippen molar-refractivity contribution in [2.24, 2.45) is 0 Å². The third-order valence-corrected chi connectivity index (χ3v) is 2.70. The average molecular weight is 269 g/mol. The molecule has 0 aliphatic carbocycles. The zero-order valence-electron chi connectivity index (χ0n) is 8.11. The van der Waals surface area contributed by atoms with Crippen molar-refractivity contribution >= 4 is 21.7 Å². The SMILES string of the molecule is CCn1cc(C(=O)c2ccoc2Br)cn1. The van der Waals surface area contributed by atoms with Crippen LogP contribution < -0.4 is 0 Å². The van der Waals surface area contributed by atoms with Crippen LogP contribution in [0.15, 0.2) is 33.8 Å². The van der Waals surface area contributed by atoms with Gasteiger partial charge in [0.1, 0.15) is 0 Å². The maximum Gasteiger partial charge on any atom is 0.200 e. The monoisotopic (exact) mass is 268 g/mol. The number of aryl methyl sites for hydroxylation is 1. The van der Waals surface area contributed by atoms with Crippen molar-refractivity contribution in [2.75, 3.05) is 0 Å². The number of hydrogen-bond acceptors (Lipinski definition) is 3. The molecule has 0 saturated heterocycles. The van der Waals surface area contributed by atoms with Crippen LogP contribution in [0, 0.1) is 0 Å². The summed E-state index contributed by atoms with van der Waals surface area (Å²) in [5, 5.41) is 4.05. The fraction of sp³-hybridized carbons (Fsp3) is 0.200. The van der Waals surface area contributed by atoms with Crippen molar-refractivity contribution in [3.8, 4) is 0 Å². The zero-order valence-corrected chi connectivity index (χ0v) is 9.69. The summed E-state index contributed by atoms with van der Waals surface area (Å²) in [5.41, 5.74) is 1.09. The van der Waals surface area contributed by atoms with Crippen LogP contribution in [0.1, 0.15) is 22.8 Å². The van der Waals surface area contributed by atoms with Gasteiger partial charge in [-0.15, -0.1) is 0 Å². The van der Waals surface area contributed by atoms with E-state index in [9.17, 15) is 4.79 Å². The number of ketones is 1. The molecule has 0 fully saturated rings. The molecule has 2 aromatic rings. The number of aromatic nitrogens is 2. The van der Waals surface area contributed by atoms with Crippen LogP contribution in [-0.2, 0) is 6.54 Å². The lowest BCUT2D eigenvalue weighted by atomic mass is 10.1. The fourth-order valence-corrected chi connectivity index (χ4v) is 1.69. The lowest BCUT2D eigenvalue weighted by Crippen LogP contribution is -1.99. The first-order valence-electron chi connectivity index (χ1n) is 4.52. The minimum atomic E-state index is -0.0877. The summed E-state index contributed by atoms with van der Waals surface area (Å²) in [6, 6.07) is 1.63. The smallest absolute Gasteiger partial charge is 0.200 e. The van der Waals surface area contributed by atoms with Gasteiger partial charge in [0.25, 0.3) is 0 Å². The number of rotatable bonds is 3. The Morgan fingerprint density at radius 1 is 1.67 bits per heavy atom. The summed E-state index contributed by atoms with van der Waals surface area (Å²) < 4.78 is 7.17. The van der Waals surface area contributed by atoms with Crippen molar-refractivity contribution in [1.82, 2.24) is 9.78 Å². The highest BCUT2D eigenvalue weighted by atomic mass is 79.9. The van der Waals surface area contributed by atoms with Gasteiger partial charge in [-0.3, -0.25) is 9.48 Å². The number of furan rings is 1. The van der Waals surface area contributed by atoms with E-state index in [-0.39, 0.29) is 5.78 Å². The number of carbonyl (C=O) groups excluding carboxylic acids is 1. The van der Waals surface area contributed by atoms with Gasteiger partial charge in [-0.2, -0.15) is 5.10 Å². The molecule has 2 aromatic heterocycles. The molecular formula is C10H9BrN2O2. The first kappa shape index (κ1) is 10.2. The highest BCUT2D eigenvalue weighted by Gasteiger charge is 2.16. The largest absolute Gasteiger partial charge is 0.457 e. The van der Waals surface area contributed by atoms with Gasteiger partial charge < -0.3 is 4.42 Å². The molecule has 4 nitrogen and oxygen atoms in total. The molecule has 2 heterocycles. The summed E-state index contributed by atoms with van der Waals surface area (Å²) in [4.78, 5) is 11.9. The van der Waals surface area contributed by atoms with E-state index in [1.807, 2.05) is 6.92 Å². The molecule has 0 saturated carbocycles. The molecule has 15 heavy (non-hydrogen) atoms. The quantitative estimate of drug-likeness (QED) is 0.804. The zero-order chi connectivity index (χ0) is 10.8. The maximum atomic E-state index is 11.9. The van der Waals surface area contributed by atoms with Crippen molar-refractivity contribution in [2.45, 2.75) is 13.5 Å². The maximum absolute atomic E-state index is 11.9. The first-order valence-corrected chi connectivity index (χ1v) is 5.32. The van der Waals surface area contributed by atoms with E-state index >= 15 is 0 Å². The molecule has 2 rings (SSSR count). The van der Waals surface area contributed by atoms with Crippen LogP contribution >= 0.6 is 15.9 Å². The molecule has 0 radical (unpaired) electrons. The van der Waals surface area contributed by atoms with Crippen LogP contribution in [0.3, 0.4) is 0 Å². The number of halogens is 1. The summed E-state index contributed by atoms with van der Waals surface area (Å²) in [6.45, 7) is 2.72. The van der Waals surface area contributed by atoms with E-state index in [2.05, 4.69) is 21.0 Å². The Morgan fingerprint density at radius 2 is 2.47 bits per heavy atom. The second-order valence-corrected chi connectivity index (χ2v) is 3.74. The van der Waals surface area contributed by atoms with Gasteiger partial charge in [-0.1, -0.05) is 0 Å². The van der Waals surface area contributed by atoms with E-state index in [1.165, 1.54) is 6.26 Å². The second-order valence-electron chi connectivity index (χ2n) is 3.02. The van der Waals surface area contributed by atoms with Crippen molar-refractivity contribution in [3.63, 3.8) is 0 Å². The molecule has 0 aliphatic rings. The molecule has 5 heteroatoms. The van der Waals surface area contributed by atoms with Crippen LogP contribution in [0.2, 0.25) is 0 Å². The predicted molar refractivity (Wildman–Crippen MR) is 57.7 cm³/mol. The Kier molecular flexibility index (Phi) is 2.73. The second kappa shape index (κ2) is 4.02. The van der Waals surface area contributed by atoms with Crippen molar-refractivity contribution in [3.05, 3.63) is 40.5 Å². The van der Waals surface area contributed by atoms with Crippen LogP contribution in [0.4, 0.5) is 0 Å². The van der Waals surface area contributed by atoms with E-state index in [0.717, 1.165) is 6.54 Å². The van der Waals surface area contributed by atoms with Gasteiger partial charge in [0.05, 0.1) is 23.6 Å². The van der Waals surface area contributed by atoms with Gasteiger partial charge in [0, 0.05) is 12.7 Å². The van der Waals surface area contributed by atoms with Crippen LogP contribution in [-0.4, -0.2) is 15.6 Å². The molecular weight excluding hydrogens is 260 g/mol. The number of hydrogen-bond donors (Lipinski definition) is 0. The summed E-state index contributed by atoms with van der Waals surface area (Å²) >= 11 is 3.17. The van der Waals surface area contributed by atoms with Gasteiger partial charge in [0.2, 0.25) is 5.78 Å². The molecule has 0 aliphatic heterocycles. The van der Waals surface area contributed by atoms with Gasteiger partial charge in [-0.25, -0.2) is 0 Å². The highest BCUT2D eigenvalue weighted by Crippen LogP contribution is 2.20. The van der Waals surface area contributed by atoms with E-state index in [4.69, 9.17) is 4.42 Å². The topological polar surface area (TPSA) is 48.0 Å². The lowest BCUT2D eigenvalue weighted by molar-refractivity contribution is 0.103. The molecule has 0 N–H and O–H groups in total. The fourth-order valence-electron chi connectivity index (χ4n) is 1.27. The standard InChI is InChI=1S/C10H9BrN2O2/c1-2-13-6-7(5-12-13)9(14)8-3-4-15-10(8)11/h3-6H,2H2,1H3. The Hall–Kier alpha value is -1.36. The Labute approximate surface area is 95.0 Å². The molecule has 0 bridgehead atoms. The predicted octanol–water partition coefficient (Wildman–Crippen LogP) is 2.49. The van der Waals surface area contributed by atoms with Gasteiger partial charge in [0.15, 0.2) is 4.67 Å². The van der Waals surface area contributed by atoms with Gasteiger partial charge >= 0.3 is 0 Å². The molecule has 0 atom stereocenters. The summed E-state index contributed by atoms with van der Waals surface area (Å²) in [6.07, 6.45) is 4.76. The van der Waals surface area contributed by atoms with Crippen LogP contribution in [0.25, 0.3) is 0 Å². The minimum absolute atomic E-state index is 0.0877.